The van der Waals surface area contributed by atoms with E-state index in [1.165, 1.54) is 0 Å². The Balaban J connectivity index is 2.58. The second-order valence-electron chi connectivity index (χ2n) is 4.40. The number of hydrogen-bond donors (Lipinski definition) is 3. The number of hydrogen-bond acceptors (Lipinski definition) is 4. The third-order valence-corrected chi connectivity index (χ3v) is 3.93. The fourth-order valence-corrected chi connectivity index (χ4v) is 2.60. The summed E-state index contributed by atoms with van der Waals surface area (Å²) in [6.45, 7) is 5.85. The minimum atomic E-state index is -0.915. The smallest absolute Gasteiger partial charge is 0.191 e. The highest BCUT2D eigenvalue weighted by atomic mass is 32.2. The fraction of sp³-hybridized carbons (Fsp3) is 0.615. The Morgan fingerprint density at radius 2 is 2.32 bits per heavy atom. The first kappa shape index (κ1) is 16.3. The van der Waals surface area contributed by atoms with Gasteiger partial charge in [-0.3, -0.25) is 0 Å². The van der Waals surface area contributed by atoms with Crippen molar-refractivity contribution in [3.05, 3.63) is 22.4 Å². The molecule has 1 heterocycles. The molecule has 1 unspecified atom stereocenters. The van der Waals surface area contributed by atoms with Crippen LogP contribution >= 0.6 is 23.1 Å². The molecule has 0 aromatic carbocycles. The molecule has 4 nitrogen and oxygen atoms in total. The minimum Gasteiger partial charge on any atom is -0.383 e. The summed E-state index contributed by atoms with van der Waals surface area (Å²) in [6.07, 6.45) is 2.08. The molecule has 0 radical (unpaired) electrons. The van der Waals surface area contributed by atoms with Crippen molar-refractivity contribution in [2.75, 3.05) is 31.6 Å². The van der Waals surface area contributed by atoms with Crippen molar-refractivity contribution < 1.29 is 5.11 Å². The van der Waals surface area contributed by atoms with Gasteiger partial charge in [0.15, 0.2) is 5.96 Å². The van der Waals surface area contributed by atoms with Gasteiger partial charge in [0.2, 0.25) is 0 Å². The molecule has 19 heavy (non-hydrogen) atoms. The van der Waals surface area contributed by atoms with Gasteiger partial charge in [0.05, 0.1) is 6.54 Å². The van der Waals surface area contributed by atoms with Gasteiger partial charge in [-0.05, 0) is 42.5 Å². The topological polar surface area (TPSA) is 56.7 Å². The molecule has 0 aliphatic heterocycles. The number of thioether (sulfide) groups is 1. The second-order valence-corrected chi connectivity index (χ2v) is 6.17. The predicted octanol–water partition coefficient (Wildman–Crippen LogP) is 1.87. The van der Waals surface area contributed by atoms with Crippen LogP contribution in [0.25, 0.3) is 0 Å². The molecule has 6 heteroatoms. The zero-order chi connectivity index (χ0) is 14.1. The average molecular weight is 301 g/mol. The number of guanidine groups is 1. The van der Waals surface area contributed by atoms with Gasteiger partial charge in [0.1, 0.15) is 5.60 Å². The maximum Gasteiger partial charge on any atom is 0.191 e. The summed E-state index contributed by atoms with van der Waals surface area (Å²) in [5, 5.41) is 20.8. The third kappa shape index (κ3) is 5.84. The Hall–Kier alpha value is -0.720. The lowest BCUT2D eigenvalue weighted by Gasteiger charge is -2.21. The molecule has 0 saturated carbocycles. The van der Waals surface area contributed by atoms with E-state index in [1.54, 1.807) is 30.0 Å². The molecule has 0 bridgehead atoms. The zero-order valence-corrected chi connectivity index (χ0v) is 13.4. The quantitative estimate of drug-likeness (QED) is 0.409. The van der Waals surface area contributed by atoms with Crippen molar-refractivity contribution in [2.24, 2.45) is 4.99 Å². The Bertz CT molecular complexity index is 377. The van der Waals surface area contributed by atoms with E-state index in [9.17, 15) is 5.11 Å². The van der Waals surface area contributed by atoms with Gasteiger partial charge in [0.25, 0.3) is 0 Å². The van der Waals surface area contributed by atoms with Gasteiger partial charge in [-0.15, -0.1) is 0 Å². The Morgan fingerprint density at radius 1 is 1.53 bits per heavy atom. The normalized spacial score (nSPS) is 15.1. The second kappa shape index (κ2) is 8.45. The van der Waals surface area contributed by atoms with Crippen LogP contribution in [0.2, 0.25) is 0 Å². The van der Waals surface area contributed by atoms with Gasteiger partial charge in [-0.25, -0.2) is 4.99 Å². The molecular formula is C13H23N3OS2. The first-order chi connectivity index (χ1) is 9.10. The highest BCUT2D eigenvalue weighted by molar-refractivity contribution is 7.98. The average Bonchev–Trinajstić information content (AvgIpc) is 2.91. The van der Waals surface area contributed by atoms with Crippen LogP contribution in [-0.2, 0) is 5.60 Å². The SMILES string of the molecule is CCNC(=NCC(C)(O)c1ccsc1)NCCSC. The van der Waals surface area contributed by atoms with Crippen LogP contribution in [0, 0.1) is 0 Å². The minimum absolute atomic E-state index is 0.346. The summed E-state index contributed by atoms with van der Waals surface area (Å²) >= 11 is 3.38. The first-order valence-electron chi connectivity index (χ1n) is 6.36. The number of nitrogens with one attached hydrogen (secondary N) is 2. The maximum absolute atomic E-state index is 10.4. The van der Waals surface area contributed by atoms with Gasteiger partial charge in [0, 0.05) is 18.8 Å². The fourth-order valence-electron chi connectivity index (χ4n) is 1.51. The maximum atomic E-state index is 10.4. The molecule has 0 aliphatic rings. The Labute approximate surface area is 123 Å². The summed E-state index contributed by atoms with van der Waals surface area (Å²) in [5.74, 6) is 1.79. The van der Waals surface area contributed by atoms with Crippen LogP contribution in [0.3, 0.4) is 0 Å². The molecule has 1 aromatic heterocycles. The summed E-state index contributed by atoms with van der Waals surface area (Å²) in [5.41, 5.74) is 0.00297. The van der Waals surface area contributed by atoms with Crippen molar-refractivity contribution in [3.8, 4) is 0 Å². The standard InChI is InChI=1S/C13H23N3OS2/c1-4-14-12(15-6-8-18-3)16-10-13(2,17)11-5-7-19-9-11/h5,7,9,17H,4,6,8,10H2,1-3H3,(H2,14,15,16). The number of thiophene rings is 1. The van der Waals surface area contributed by atoms with Crippen molar-refractivity contribution in [1.29, 1.82) is 0 Å². The summed E-state index contributed by atoms with van der Waals surface area (Å²) in [6, 6.07) is 1.94. The van der Waals surface area contributed by atoms with Crippen LogP contribution < -0.4 is 10.6 Å². The van der Waals surface area contributed by atoms with Crippen molar-refractivity contribution in [2.45, 2.75) is 19.4 Å². The molecule has 1 aromatic rings. The molecule has 0 spiro atoms. The van der Waals surface area contributed by atoms with Crippen LogP contribution in [0.15, 0.2) is 21.8 Å². The van der Waals surface area contributed by atoms with E-state index < -0.39 is 5.60 Å². The Kier molecular flexibility index (Phi) is 7.27. The first-order valence-corrected chi connectivity index (χ1v) is 8.70. The molecule has 1 atom stereocenters. The van der Waals surface area contributed by atoms with E-state index in [1.807, 2.05) is 23.8 Å². The number of rotatable bonds is 7. The van der Waals surface area contributed by atoms with E-state index in [-0.39, 0.29) is 0 Å². The molecule has 0 aliphatic carbocycles. The lowest BCUT2D eigenvalue weighted by molar-refractivity contribution is 0.0677. The van der Waals surface area contributed by atoms with E-state index in [4.69, 9.17) is 0 Å². The monoisotopic (exact) mass is 301 g/mol. The Morgan fingerprint density at radius 3 is 2.89 bits per heavy atom. The van der Waals surface area contributed by atoms with Crippen LogP contribution in [0.4, 0.5) is 0 Å². The van der Waals surface area contributed by atoms with Crippen LogP contribution in [0.1, 0.15) is 19.4 Å². The van der Waals surface area contributed by atoms with Gasteiger partial charge in [-0.2, -0.15) is 23.1 Å². The largest absolute Gasteiger partial charge is 0.383 e. The van der Waals surface area contributed by atoms with Gasteiger partial charge < -0.3 is 15.7 Å². The molecule has 1 rings (SSSR count). The molecule has 108 valence electrons. The predicted molar refractivity (Wildman–Crippen MR) is 86.3 cm³/mol. The van der Waals surface area contributed by atoms with Crippen molar-refractivity contribution in [1.82, 2.24) is 10.6 Å². The van der Waals surface area contributed by atoms with E-state index >= 15 is 0 Å². The van der Waals surface area contributed by atoms with E-state index in [0.717, 1.165) is 30.4 Å². The number of nitrogens with zero attached hydrogens (tertiary/aromatic N) is 1. The zero-order valence-electron chi connectivity index (χ0n) is 11.8. The van der Waals surface area contributed by atoms with E-state index in [0.29, 0.717) is 6.54 Å². The molecule has 0 fully saturated rings. The van der Waals surface area contributed by atoms with Crippen molar-refractivity contribution in [3.63, 3.8) is 0 Å². The molecule has 0 saturated heterocycles. The number of aliphatic imine (C=N–C) groups is 1. The summed E-state index contributed by atoms with van der Waals surface area (Å²) < 4.78 is 0. The number of aliphatic hydroxyl groups is 1. The van der Waals surface area contributed by atoms with Crippen LogP contribution in [-0.4, -0.2) is 42.7 Å². The highest BCUT2D eigenvalue weighted by Gasteiger charge is 2.23. The summed E-state index contributed by atoms with van der Waals surface area (Å²) in [4.78, 5) is 4.45. The van der Waals surface area contributed by atoms with Crippen LogP contribution in [0.5, 0.6) is 0 Å². The molecule has 0 amide bonds. The lowest BCUT2D eigenvalue weighted by atomic mass is 10.00. The highest BCUT2D eigenvalue weighted by Crippen LogP contribution is 2.23. The van der Waals surface area contributed by atoms with E-state index in [2.05, 4.69) is 21.9 Å². The molecule has 3 N–H and O–H groups in total. The lowest BCUT2D eigenvalue weighted by Crippen LogP contribution is -2.39. The summed E-state index contributed by atoms with van der Waals surface area (Å²) in [7, 11) is 0. The van der Waals surface area contributed by atoms with Crippen molar-refractivity contribution >= 4 is 29.1 Å². The third-order valence-electron chi connectivity index (χ3n) is 2.63. The van der Waals surface area contributed by atoms with Gasteiger partial charge in [-0.1, -0.05) is 0 Å². The molecular weight excluding hydrogens is 278 g/mol. The van der Waals surface area contributed by atoms with Gasteiger partial charge >= 0.3 is 0 Å².